The standard InChI is InChI=1S/C22H25NO4/c1-17-11-13-23(14-12-17)21(24)16-27-22(25)19-7-9-20(10-8-19)26-15-18-5-3-2-4-6-18/h2-10,17H,11-16H2,1H3. The second-order valence-corrected chi connectivity index (χ2v) is 6.94. The van der Waals surface area contributed by atoms with Crippen molar-refractivity contribution in [2.75, 3.05) is 19.7 Å². The maximum atomic E-state index is 12.1. The minimum atomic E-state index is -0.497. The van der Waals surface area contributed by atoms with Crippen LogP contribution in [0.15, 0.2) is 54.6 Å². The quantitative estimate of drug-likeness (QED) is 0.731. The van der Waals surface area contributed by atoms with Gasteiger partial charge in [-0.15, -0.1) is 0 Å². The van der Waals surface area contributed by atoms with Crippen molar-refractivity contribution in [3.05, 3.63) is 65.7 Å². The minimum Gasteiger partial charge on any atom is -0.489 e. The molecule has 0 N–H and O–H groups in total. The maximum absolute atomic E-state index is 12.1. The summed E-state index contributed by atoms with van der Waals surface area (Å²) < 4.78 is 10.9. The Labute approximate surface area is 159 Å². The number of hydrogen-bond acceptors (Lipinski definition) is 4. The van der Waals surface area contributed by atoms with Crippen LogP contribution >= 0.6 is 0 Å². The van der Waals surface area contributed by atoms with Crippen molar-refractivity contribution in [1.82, 2.24) is 4.90 Å². The lowest BCUT2D eigenvalue weighted by atomic mass is 9.99. The summed E-state index contributed by atoms with van der Waals surface area (Å²) in [6.07, 6.45) is 2.01. The van der Waals surface area contributed by atoms with E-state index < -0.39 is 5.97 Å². The van der Waals surface area contributed by atoms with Gasteiger partial charge in [-0.3, -0.25) is 4.79 Å². The van der Waals surface area contributed by atoms with E-state index in [1.165, 1.54) is 0 Å². The number of nitrogens with zero attached hydrogens (tertiary/aromatic N) is 1. The number of piperidine rings is 1. The molecule has 0 bridgehead atoms. The molecule has 5 heteroatoms. The molecule has 142 valence electrons. The number of esters is 1. The van der Waals surface area contributed by atoms with Crippen LogP contribution in [0.5, 0.6) is 5.75 Å². The van der Waals surface area contributed by atoms with Crippen molar-refractivity contribution < 1.29 is 19.1 Å². The fourth-order valence-electron chi connectivity index (χ4n) is 2.99. The van der Waals surface area contributed by atoms with Crippen LogP contribution in [0.2, 0.25) is 0 Å². The summed E-state index contributed by atoms with van der Waals surface area (Å²) in [5.41, 5.74) is 1.48. The number of likely N-dealkylation sites (tertiary alicyclic amines) is 1. The number of ether oxygens (including phenoxy) is 2. The average molecular weight is 367 g/mol. The highest BCUT2D eigenvalue weighted by atomic mass is 16.5. The summed E-state index contributed by atoms with van der Waals surface area (Å²) in [5, 5.41) is 0. The van der Waals surface area contributed by atoms with Gasteiger partial charge in [-0.2, -0.15) is 0 Å². The predicted molar refractivity (Wildman–Crippen MR) is 102 cm³/mol. The smallest absolute Gasteiger partial charge is 0.338 e. The number of amides is 1. The van der Waals surface area contributed by atoms with Crippen LogP contribution in [-0.2, 0) is 16.1 Å². The van der Waals surface area contributed by atoms with E-state index in [2.05, 4.69) is 6.92 Å². The molecule has 0 unspecified atom stereocenters. The van der Waals surface area contributed by atoms with Crippen LogP contribution in [0.1, 0.15) is 35.7 Å². The molecule has 1 heterocycles. The number of carbonyl (C=O) groups is 2. The van der Waals surface area contributed by atoms with Crippen LogP contribution in [0, 0.1) is 5.92 Å². The molecule has 0 aliphatic carbocycles. The number of rotatable bonds is 6. The van der Waals surface area contributed by atoms with Crippen molar-refractivity contribution >= 4 is 11.9 Å². The normalized spacial score (nSPS) is 14.6. The van der Waals surface area contributed by atoms with Gasteiger partial charge < -0.3 is 14.4 Å². The fourth-order valence-corrected chi connectivity index (χ4v) is 2.99. The Morgan fingerprint density at radius 2 is 1.67 bits per heavy atom. The molecule has 3 rings (SSSR count). The van der Waals surface area contributed by atoms with Gasteiger partial charge in [-0.1, -0.05) is 37.3 Å². The second-order valence-electron chi connectivity index (χ2n) is 6.94. The van der Waals surface area contributed by atoms with E-state index in [1.54, 1.807) is 29.2 Å². The first kappa shape index (κ1) is 19.0. The third-order valence-electron chi connectivity index (χ3n) is 4.80. The fraction of sp³-hybridized carbons (Fsp3) is 0.364. The largest absolute Gasteiger partial charge is 0.489 e. The summed E-state index contributed by atoms with van der Waals surface area (Å²) in [6, 6.07) is 16.6. The topological polar surface area (TPSA) is 55.8 Å². The van der Waals surface area contributed by atoms with Crippen molar-refractivity contribution in [2.45, 2.75) is 26.4 Å². The summed E-state index contributed by atoms with van der Waals surface area (Å²) >= 11 is 0. The van der Waals surface area contributed by atoms with Crippen LogP contribution in [0.25, 0.3) is 0 Å². The van der Waals surface area contributed by atoms with Crippen LogP contribution < -0.4 is 4.74 Å². The molecule has 1 aliphatic heterocycles. The van der Waals surface area contributed by atoms with E-state index in [-0.39, 0.29) is 12.5 Å². The molecule has 1 saturated heterocycles. The molecule has 27 heavy (non-hydrogen) atoms. The monoisotopic (exact) mass is 367 g/mol. The molecule has 2 aromatic carbocycles. The molecule has 0 saturated carbocycles. The molecule has 0 atom stereocenters. The molecule has 0 radical (unpaired) electrons. The minimum absolute atomic E-state index is 0.127. The van der Waals surface area contributed by atoms with Gasteiger partial charge in [-0.25, -0.2) is 4.79 Å². The molecule has 5 nitrogen and oxygen atoms in total. The Kier molecular flexibility index (Phi) is 6.47. The van der Waals surface area contributed by atoms with Crippen molar-refractivity contribution in [1.29, 1.82) is 0 Å². The summed E-state index contributed by atoms with van der Waals surface area (Å²) in [6.45, 7) is 3.93. The third-order valence-corrected chi connectivity index (χ3v) is 4.80. The van der Waals surface area contributed by atoms with Crippen LogP contribution in [-0.4, -0.2) is 36.5 Å². The Morgan fingerprint density at radius 1 is 1.00 bits per heavy atom. The van der Waals surface area contributed by atoms with E-state index in [9.17, 15) is 9.59 Å². The van der Waals surface area contributed by atoms with Crippen molar-refractivity contribution in [3.8, 4) is 5.75 Å². The van der Waals surface area contributed by atoms with E-state index in [4.69, 9.17) is 9.47 Å². The first-order chi connectivity index (χ1) is 13.1. The highest BCUT2D eigenvalue weighted by Gasteiger charge is 2.21. The zero-order chi connectivity index (χ0) is 19.1. The molecule has 0 spiro atoms. The Hall–Kier alpha value is -2.82. The zero-order valence-corrected chi connectivity index (χ0v) is 15.6. The predicted octanol–water partition coefficient (Wildman–Crippen LogP) is 3.68. The molecular formula is C22H25NO4. The van der Waals surface area contributed by atoms with Gasteiger partial charge in [-0.05, 0) is 48.6 Å². The van der Waals surface area contributed by atoms with Crippen LogP contribution in [0.4, 0.5) is 0 Å². The van der Waals surface area contributed by atoms with Gasteiger partial charge in [0.1, 0.15) is 12.4 Å². The summed E-state index contributed by atoms with van der Waals surface area (Å²) in [4.78, 5) is 26.1. The summed E-state index contributed by atoms with van der Waals surface area (Å²) in [5.74, 6) is 0.703. The van der Waals surface area contributed by atoms with E-state index in [0.717, 1.165) is 31.5 Å². The first-order valence-corrected chi connectivity index (χ1v) is 9.33. The highest BCUT2D eigenvalue weighted by molar-refractivity contribution is 5.91. The molecule has 1 fully saturated rings. The van der Waals surface area contributed by atoms with E-state index in [1.807, 2.05) is 30.3 Å². The SMILES string of the molecule is CC1CCN(C(=O)COC(=O)c2ccc(OCc3ccccc3)cc2)CC1. The second kappa shape index (κ2) is 9.21. The van der Waals surface area contributed by atoms with E-state index in [0.29, 0.717) is 23.8 Å². The Balaban J connectivity index is 1.45. The van der Waals surface area contributed by atoms with Gasteiger partial charge in [0.05, 0.1) is 5.56 Å². The molecule has 0 aromatic heterocycles. The Bertz CT molecular complexity index is 750. The van der Waals surface area contributed by atoms with Gasteiger partial charge in [0.15, 0.2) is 6.61 Å². The van der Waals surface area contributed by atoms with Crippen molar-refractivity contribution in [2.24, 2.45) is 5.92 Å². The maximum Gasteiger partial charge on any atom is 0.338 e. The van der Waals surface area contributed by atoms with Gasteiger partial charge in [0, 0.05) is 13.1 Å². The van der Waals surface area contributed by atoms with E-state index >= 15 is 0 Å². The highest BCUT2D eigenvalue weighted by Crippen LogP contribution is 2.17. The molecule has 1 aliphatic rings. The zero-order valence-electron chi connectivity index (χ0n) is 15.6. The lowest BCUT2D eigenvalue weighted by molar-refractivity contribution is -0.135. The average Bonchev–Trinajstić information content (AvgIpc) is 2.72. The van der Waals surface area contributed by atoms with Gasteiger partial charge in [0.2, 0.25) is 0 Å². The number of carbonyl (C=O) groups excluding carboxylic acids is 2. The Morgan fingerprint density at radius 3 is 2.33 bits per heavy atom. The number of hydrogen-bond donors (Lipinski definition) is 0. The lowest BCUT2D eigenvalue weighted by Gasteiger charge is -2.30. The van der Waals surface area contributed by atoms with Crippen LogP contribution in [0.3, 0.4) is 0 Å². The summed E-state index contributed by atoms with van der Waals surface area (Å²) in [7, 11) is 0. The first-order valence-electron chi connectivity index (χ1n) is 9.33. The van der Waals surface area contributed by atoms with Gasteiger partial charge >= 0.3 is 5.97 Å². The molecular weight excluding hydrogens is 342 g/mol. The molecule has 1 amide bonds. The van der Waals surface area contributed by atoms with Crippen molar-refractivity contribution in [3.63, 3.8) is 0 Å². The third kappa shape index (κ3) is 5.58. The van der Waals surface area contributed by atoms with Gasteiger partial charge in [0.25, 0.3) is 5.91 Å². The molecule has 2 aromatic rings. The lowest BCUT2D eigenvalue weighted by Crippen LogP contribution is -2.40. The number of benzene rings is 2.